The van der Waals surface area contributed by atoms with E-state index in [1.807, 2.05) is 0 Å². The number of ether oxygens (including phenoxy) is 4. The van der Waals surface area contributed by atoms with Crippen molar-refractivity contribution in [3.8, 4) is 46.0 Å². The molecular formula is C34H30O16. The molecule has 0 aliphatic carbocycles. The molecule has 0 atom stereocenters. The molecule has 0 bridgehead atoms. The van der Waals surface area contributed by atoms with E-state index < -0.39 is 102 Å². The van der Waals surface area contributed by atoms with Crippen molar-refractivity contribution in [1.29, 1.82) is 0 Å². The molecule has 50 heavy (non-hydrogen) atoms. The Labute approximate surface area is 282 Å². The van der Waals surface area contributed by atoms with Gasteiger partial charge in [-0.05, 0) is 55.0 Å². The molecule has 4 rings (SSSR count). The second kappa shape index (κ2) is 15.4. The third-order valence-corrected chi connectivity index (χ3v) is 6.95. The van der Waals surface area contributed by atoms with Crippen LogP contribution in [0, 0.1) is 5.41 Å². The highest BCUT2D eigenvalue weighted by molar-refractivity contribution is 5.92. The highest BCUT2D eigenvalue weighted by atomic mass is 16.6. The van der Waals surface area contributed by atoms with Gasteiger partial charge in [0, 0.05) is 24.3 Å². The third-order valence-electron chi connectivity index (χ3n) is 6.95. The van der Waals surface area contributed by atoms with Crippen LogP contribution in [0.2, 0.25) is 0 Å². The smallest absolute Gasteiger partial charge is 0.338 e. The van der Waals surface area contributed by atoms with Crippen LogP contribution in [0.5, 0.6) is 46.0 Å². The van der Waals surface area contributed by atoms with Gasteiger partial charge in [0.2, 0.25) is 0 Å². The summed E-state index contributed by atoms with van der Waals surface area (Å²) in [7, 11) is 0. The third kappa shape index (κ3) is 9.83. The van der Waals surface area contributed by atoms with Crippen molar-refractivity contribution >= 4 is 23.9 Å². The summed E-state index contributed by atoms with van der Waals surface area (Å²) in [6.07, 6.45) is -0.376. The Morgan fingerprint density at radius 3 is 0.840 bits per heavy atom. The van der Waals surface area contributed by atoms with Crippen molar-refractivity contribution in [3.05, 3.63) is 95.1 Å². The van der Waals surface area contributed by atoms with Gasteiger partial charge < -0.3 is 59.8 Å². The minimum absolute atomic E-state index is 0.242. The van der Waals surface area contributed by atoms with Crippen LogP contribution in [0.25, 0.3) is 0 Å². The van der Waals surface area contributed by atoms with Crippen molar-refractivity contribution in [2.45, 2.75) is 6.42 Å². The summed E-state index contributed by atoms with van der Waals surface area (Å²) in [6, 6.07) is 11.8. The molecule has 0 unspecified atom stereocenters. The van der Waals surface area contributed by atoms with Crippen molar-refractivity contribution in [1.82, 2.24) is 0 Å². The minimum atomic E-state index is -1.75. The number of rotatable bonds is 13. The first kappa shape index (κ1) is 36.0. The molecule has 0 aliphatic heterocycles. The fourth-order valence-electron chi connectivity index (χ4n) is 4.54. The van der Waals surface area contributed by atoms with Gasteiger partial charge >= 0.3 is 23.9 Å². The summed E-state index contributed by atoms with van der Waals surface area (Å²) in [5.74, 6) is -8.02. The zero-order valence-electron chi connectivity index (χ0n) is 25.8. The molecule has 0 saturated heterocycles. The monoisotopic (exact) mass is 694 g/mol. The quantitative estimate of drug-likeness (QED) is 0.0735. The maximum absolute atomic E-state index is 13.0. The van der Waals surface area contributed by atoms with Gasteiger partial charge in [-0.3, -0.25) is 0 Å². The average molecular weight is 695 g/mol. The van der Waals surface area contributed by atoms with E-state index in [-0.39, 0.29) is 28.7 Å². The Balaban J connectivity index is 1.65. The Bertz CT molecular complexity index is 1670. The molecule has 0 amide bonds. The second-order valence-electron chi connectivity index (χ2n) is 11.1. The predicted molar refractivity (Wildman–Crippen MR) is 167 cm³/mol. The molecule has 4 aromatic carbocycles. The van der Waals surface area contributed by atoms with Gasteiger partial charge in [-0.1, -0.05) is 0 Å². The number of phenols is 8. The van der Waals surface area contributed by atoms with E-state index in [9.17, 15) is 60.0 Å². The minimum Gasteiger partial charge on any atom is -0.508 e. The predicted octanol–water partition coefficient (Wildman–Crippen LogP) is 3.44. The van der Waals surface area contributed by atoms with Crippen molar-refractivity contribution in [2.75, 3.05) is 26.4 Å². The maximum atomic E-state index is 13.0. The number of carbonyl (C=O) groups is 4. The van der Waals surface area contributed by atoms with Gasteiger partial charge in [-0.2, -0.15) is 0 Å². The number of hydrogen-bond donors (Lipinski definition) is 8. The van der Waals surface area contributed by atoms with E-state index in [0.29, 0.717) is 0 Å². The first-order chi connectivity index (χ1) is 23.6. The van der Waals surface area contributed by atoms with Gasteiger partial charge in [-0.25, -0.2) is 19.2 Å². The summed E-state index contributed by atoms with van der Waals surface area (Å²) in [5, 5.41) is 78.4. The molecule has 0 heterocycles. The van der Waals surface area contributed by atoms with E-state index in [1.165, 1.54) is 0 Å². The molecule has 0 fully saturated rings. The van der Waals surface area contributed by atoms with E-state index in [1.54, 1.807) is 0 Å². The summed E-state index contributed by atoms with van der Waals surface area (Å²) < 4.78 is 21.5. The van der Waals surface area contributed by atoms with Crippen LogP contribution in [-0.2, 0) is 18.9 Å². The Morgan fingerprint density at radius 2 is 0.600 bits per heavy atom. The average Bonchev–Trinajstić information content (AvgIpc) is 3.02. The fraction of sp³-hybridized carbons (Fsp3) is 0.176. The van der Waals surface area contributed by atoms with Crippen molar-refractivity contribution in [3.63, 3.8) is 0 Å². The molecule has 0 aliphatic rings. The number of benzene rings is 4. The molecule has 0 radical (unpaired) electrons. The number of phenolic OH excluding ortho intramolecular Hbond substituents is 8. The number of hydrogen-bond acceptors (Lipinski definition) is 16. The second-order valence-corrected chi connectivity index (χ2v) is 11.1. The summed E-state index contributed by atoms with van der Waals surface area (Å²) in [4.78, 5) is 51.7. The topological polar surface area (TPSA) is 267 Å². The van der Waals surface area contributed by atoms with Crippen LogP contribution >= 0.6 is 0 Å². The Hall–Kier alpha value is -6.84. The largest absolute Gasteiger partial charge is 0.508 e. The lowest BCUT2D eigenvalue weighted by Gasteiger charge is -2.32. The highest BCUT2D eigenvalue weighted by Crippen LogP contribution is 2.30. The molecule has 16 heteroatoms. The van der Waals surface area contributed by atoms with E-state index in [2.05, 4.69) is 0 Å². The summed E-state index contributed by atoms with van der Waals surface area (Å²) in [6.45, 7) is -2.73. The normalized spacial score (nSPS) is 11.0. The fourth-order valence-corrected chi connectivity index (χ4v) is 4.54. The lowest BCUT2D eigenvalue weighted by molar-refractivity contribution is -0.0479. The number of carbonyl (C=O) groups excluding carboxylic acids is 4. The van der Waals surface area contributed by atoms with E-state index in [0.717, 1.165) is 72.8 Å². The molecular weight excluding hydrogens is 664 g/mol. The maximum Gasteiger partial charge on any atom is 0.338 e. The Kier molecular flexibility index (Phi) is 11.1. The van der Waals surface area contributed by atoms with Crippen molar-refractivity contribution in [2.24, 2.45) is 5.41 Å². The van der Waals surface area contributed by atoms with Crippen LogP contribution in [0.4, 0.5) is 0 Å². The van der Waals surface area contributed by atoms with Gasteiger partial charge in [0.05, 0.1) is 34.3 Å². The summed E-state index contributed by atoms with van der Waals surface area (Å²) in [5.41, 5.74) is -2.89. The van der Waals surface area contributed by atoms with Crippen molar-refractivity contribution < 1.29 is 79.0 Å². The first-order valence-corrected chi connectivity index (χ1v) is 14.4. The van der Waals surface area contributed by atoms with E-state index >= 15 is 0 Å². The SMILES string of the molecule is O=C(OCCC(COC(=O)c1cc(O)cc(O)c1)(COC(=O)c1cc(O)cc(O)c1)COC(=O)c1cc(O)cc(O)c1)c1cc(O)cc(O)c1. The van der Waals surface area contributed by atoms with Gasteiger partial charge in [0.25, 0.3) is 0 Å². The zero-order valence-corrected chi connectivity index (χ0v) is 25.8. The van der Waals surface area contributed by atoms with E-state index in [4.69, 9.17) is 18.9 Å². The lowest BCUT2D eigenvalue weighted by Crippen LogP contribution is -2.41. The summed E-state index contributed by atoms with van der Waals surface area (Å²) >= 11 is 0. The molecule has 262 valence electrons. The standard InChI is InChI=1S/C34H30O16/c35-22-3-18(4-23(36)11-22)30(43)47-2-1-34(15-48-31(44)19-5-24(37)12-25(38)6-19,16-49-32(45)20-7-26(39)13-27(40)8-20)17-50-33(46)21-9-28(41)14-29(42)10-21/h3-14,35-42H,1-2,15-17H2. The first-order valence-electron chi connectivity index (χ1n) is 14.4. The Morgan fingerprint density at radius 1 is 0.380 bits per heavy atom. The lowest BCUT2D eigenvalue weighted by atomic mass is 9.87. The molecule has 4 aromatic rings. The van der Waals surface area contributed by atoms with Gasteiger partial charge in [0.15, 0.2) is 0 Å². The van der Waals surface area contributed by atoms with Crippen LogP contribution in [0.3, 0.4) is 0 Å². The van der Waals surface area contributed by atoms with Crippen LogP contribution in [-0.4, -0.2) is 91.2 Å². The molecule has 0 aromatic heterocycles. The highest BCUT2D eigenvalue weighted by Gasteiger charge is 2.37. The molecule has 0 saturated carbocycles. The number of esters is 4. The number of aromatic hydroxyl groups is 8. The zero-order chi connectivity index (χ0) is 36.6. The molecule has 8 N–H and O–H groups in total. The van der Waals surface area contributed by atoms with Crippen LogP contribution in [0.15, 0.2) is 72.8 Å². The van der Waals surface area contributed by atoms with Gasteiger partial charge in [0.1, 0.15) is 65.8 Å². The molecule has 0 spiro atoms. The molecule has 16 nitrogen and oxygen atoms in total. The van der Waals surface area contributed by atoms with Crippen LogP contribution in [0.1, 0.15) is 47.9 Å². The van der Waals surface area contributed by atoms with Crippen LogP contribution < -0.4 is 0 Å². The van der Waals surface area contributed by atoms with Gasteiger partial charge in [-0.15, -0.1) is 0 Å².